The van der Waals surface area contributed by atoms with Crippen LogP contribution in [0.3, 0.4) is 0 Å². The second-order valence-electron chi connectivity index (χ2n) is 3.65. The molecule has 80 valence electrons. The summed E-state index contributed by atoms with van der Waals surface area (Å²) < 4.78 is 26.8. The smallest absolute Gasteiger partial charge is 0.262 e. The summed E-state index contributed by atoms with van der Waals surface area (Å²) in [5, 5.41) is 0. The van der Waals surface area contributed by atoms with Crippen molar-refractivity contribution < 1.29 is 8.78 Å². The lowest BCUT2D eigenvalue weighted by Gasteiger charge is -2.10. The zero-order valence-electron chi connectivity index (χ0n) is 8.34. The minimum Gasteiger partial charge on any atom is -0.348 e. The molecule has 0 spiro atoms. The summed E-state index contributed by atoms with van der Waals surface area (Å²) in [5.41, 5.74) is 6.43. The molecule has 0 aliphatic heterocycles. The van der Waals surface area contributed by atoms with Gasteiger partial charge in [0.2, 0.25) is 0 Å². The molecule has 0 atom stereocenters. The van der Waals surface area contributed by atoms with Crippen LogP contribution in [0, 0.1) is 0 Å². The van der Waals surface area contributed by atoms with Gasteiger partial charge in [-0.05, 0) is 31.0 Å². The van der Waals surface area contributed by atoms with Gasteiger partial charge in [0.05, 0.1) is 6.54 Å². The van der Waals surface area contributed by atoms with E-state index in [0.29, 0.717) is 6.54 Å². The van der Waals surface area contributed by atoms with Crippen molar-refractivity contribution in [2.45, 2.75) is 32.2 Å². The molecular formula is C10H16F2N2. The number of nitrogens with zero attached hydrogens (tertiary/aromatic N) is 1. The highest BCUT2D eigenvalue weighted by Gasteiger charge is 2.21. The number of aryl methyl sites for hydroxylation is 1. The van der Waals surface area contributed by atoms with Gasteiger partial charge in [-0.2, -0.15) is 0 Å². The lowest BCUT2D eigenvalue weighted by Crippen LogP contribution is -2.17. The van der Waals surface area contributed by atoms with Crippen LogP contribution in [0.25, 0.3) is 0 Å². The van der Waals surface area contributed by atoms with Crippen molar-refractivity contribution in [2.75, 3.05) is 6.54 Å². The van der Waals surface area contributed by atoms with E-state index >= 15 is 0 Å². The van der Waals surface area contributed by atoms with E-state index in [1.54, 1.807) is 12.4 Å². The fourth-order valence-electron chi connectivity index (χ4n) is 1.36. The predicted molar refractivity (Wildman–Crippen MR) is 52.4 cm³/mol. The highest BCUT2D eigenvalue weighted by Crippen LogP contribution is 2.15. The van der Waals surface area contributed by atoms with Crippen molar-refractivity contribution in [3.05, 3.63) is 24.0 Å². The maximum Gasteiger partial charge on any atom is 0.262 e. The Balaban J connectivity index is 2.51. The zero-order valence-corrected chi connectivity index (χ0v) is 8.34. The molecule has 0 radical (unpaired) electrons. The number of rotatable bonds is 5. The third kappa shape index (κ3) is 3.87. The minimum atomic E-state index is -2.65. The Kier molecular flexibility index (Phi) is 3.63. The molecular weight excluding hydrogens is 186 g/mol. The third-order valence-corrected chi connectivity index (χ3v) is 1.94. The molecule has 1 rings (SSSR count). The van der Waals surface area contributed by atoms with Gasteiger partial charge in [-0.3, -0.25) is 0 Å². The Hall–Kier alpha value is -0.900. The molecule has 2 nitrogen and oxygen atoms in total. The number of hydrogen-bond donors (Lipinski definition) is 1. The third-order valence-electron chi connectivity index (χ3n) is 1.94. The molecule has 0 aromatic carbocycles. The van der Waals surface area contributed by atoms with Crippen molar-refractivity contribution in [1.29, 1.82) is 0 Å². The number of halogens is 2. The molecule has 1 aromatic rings. The Morgan fingerprint density at radius 3 is 2.79 bits per heavy atom. The van der Waals surface area contributed by atoms with Crippen molar-refractivity contribution in [1.82, 2.24) is 4.57 Å². The first-order chi connectivity index (χ1) is 6.51. The summed E-state index contributed by atoms with van der Waals surface area (Å²) in [7, 11) is 0. The molecule has 14 heavy (non-hydrogen) atoms. The molecule has 0 saturated heterocycles. The number of alkyl halides is 2. The van der Waals surface area contributed by atoms with Crippen LogP contribution in [0.1, 0.15) is 18.9 Å². The molecule has 0 aliphatic rings. The summed E-state index contributed by atoms with van der Waals surface area (Å²) in [4.78, 5) is 0. The lowest BCUT2D eigenvalue weighted by molar-refractivity contribution is 0.00400. The summed E-state index contributed by atoms with van der Waals surface area (Å²) in [6.07, 6.45) is 5.20. The molecule has 4 heteroatoms. The molecule has 0 bridgehead atoms. The zero-order chi connectivity index (χ0) is 10.6. The molecule has 0 fully saturated rings. The number of nitrogens with two attached hydrogens (primary N) is 1. The Bertz CT molecular complexity index is 276. The maximum atomic E-state index is 12.6. The van der Waals surface area contributed by atoms with E-state index in [4.69, 9.17) is 5.73 Å². The fraction of sp³-hybridized carbons (Fsp3) is 0.600. The second kappa shape index (κ2) is 4.55. The largest absolute Gasteiger partial charge is 0.348 e. The van der Waals surface area contributed by atoms with Gasteiger partial charge in [0, 0.05) is 19.3 Å². The molecule has 0 aliphatic carbocycles. The van der Waals surface area contributed by atoms with Crippen LogP contribution in [0.5, 0.6) is 0 Å². The van der Waals surface area contributed by atoms with E-state index in [-0.39, 0.29) is 6.54 Å². The first-order valence-corrected chi connectivity index (χ1v) is 4.74. The average molecular weight is 202 g/mol. The van der Waals surface area contributed by atoms with E-state index in [1.807, 2.05) is 6.07 Å². The van der Waals surface area contributed by atoms with Crippen molar-refractivity contribution in [3.63, 3.8) is 0 Å². The summed E-state index contributed by atoms with van der Waals surface area (Å²) in [5.74, 6) is -2.65. The lowest BCUT2D eigenvalue weighted by atomic mass is 10.2. The van der Waals surface area contributed by atoms with Gasteiger partial charge in [0.1, 0.15) is 0 Å². The Morgan fingerprint density at radius 2 is 2.21 bits per heavy atom. The van der Waals surface area contributed by atoms with E-state index < -0.39 is 5.92 Å². The highest BCUT2D eigenvalue weighted by molar-refractivity contribution is 5.10. The molecule has 0 saturated carbocycles. The Morgan fingerprint density at radius 1 is 1.50 bits per heavy atom. The molecule has 2 N–H and O–H groups in total. The maximum absolute atomic E-state index is 12.6. The van der Waals surface area contributed by atoms with Crippen molar-refractivity contribution in [2.24, 2.45) is 5.73 Å². The van der Waals surface area contributed by atoms with Crippen LogP contribution >= 0.6 is 0 Å². The molecule has 1 heterocycles. The van der Waals surface area contributed by atoms with Crippen LogP contribution in [0.15, 0.2) is 18.5 Å². The van der Waals surface area contributed by atoms with Gasteiger partial charge >= 0.3 is 0 Å². The van der Waals surface area contributed by atoms with Gasteiger partial charge < -0.3 is 10.3 Å². The van der Waals surface area contributed by atoms with E-state index in [9.17, 15) is 8.78 Å². The molecule has 1 aromatic heterocycles. The average Bonchev–Trinajstić information content (AvgIpc) is 2.46. The topological polar surface area (TPSA) is 30.9 Å². The second-order valence-corrected chi connectivity index (χ2v) is 3.65. The first-order valence-electron chi connectivity index (χ1n) is 4.74. The first kappa shape index (κ1) is 11.2. The van der Waals surface area contributed by atoms with E-state index in [1.165, 1.54) is 4.57 Å². The predicted octanol–water partition coefficient (Wildman–Crippen LogP) is 2.03. The minimum absolute atomic E-state index is 0.254. The summed E-state index contributed by atoms with van der Waals surface area (Å²) in [6, 6.07) is 1.86. The van der Waals surface area contributed by atoms with Crippen LogP contribution < -0.4 is 5.73 Å². The number of hydrogen-bond acceptors (Lipinski definition) is 1. The summed E-state index contributed by atoms with van der Waals surface area (Å²) >= 11 is 0. The van der Waals surface area contributed by atoms with Gasteiger partial charge in [-0.25, -0.2) is 8.78 Å². The van der Waals surface area contributed by atoms with Crippen molar-refractivity contribution >= 4 is 0 Å². The monoisotopic (exact) mass is 202 g/mol. The van der Waals surface area contributed by atoms with E-state index in [0.717, 1.165) is 25.3 Å². The quantitative estimate of drug-likeness (QED) is 0.778. The fourth-order valence-corrected chi connectivity index (χ4v) is 1.36. The van der Waals surface area contributed by atoms with Crippen LogP contribution in [0.4, 0.5) is 8.78 Å². The van der Waals surface area contributed by atoms with Gasteiger partial charge in [0.25, 0.3) is 5.92 Å². The van der Waals surface area contributed by atoms with Gasteiger partial charge in [-0.1, -0.05) is 0 Å². The molecule has 0 amide bonds. The number of aromatic nitrogens is 1. The standard InChI is InChI=1S/C10H16F2N2/c1-10(11,12)8-14-6-4-9(7-14)3-2-5-13/h4,6-7H,2-3,5,8,13H2,1H3. The van der Waals surface area contributed by atoms with Gasteiger partial charge in [0.15, 0.2) is 0 Å². The highest BCUT2D eigenvalue weighted by atomic mass is 19.3. The van der Waals surface area contributed by atoms with Crippen molar-refractivity contribution in [3.8, 4) is 0 Å². The van der Waals surface area contributed by atoms with Crippen LogP contribution in [-0.4, -0.2) is 17.0 Å². The van der Waals surface area contributed by atoms with Crippen LogP contribution in [-0.2, 0) is 13.0 Å². The Labute approximate surface area is 82.7 Å². The van der Waals surface area contributed by atoms with Crippen LogP contribution in [0.2, 0.25) is 0 Å². The van der Waals surface area contributed by atoms with E-state index in [2.05, 4.69) is 0 Å². The SMILES string of the molecule is CC(F)(F)Cn1ccc(CCCN)c1. The normalized spacial score (nSPS) is 12.0. The van der Waals surface area contributed by atoms with Gasteiger partial charge in [-0.15, -0.1) is 0 Å². The molecule has 0 unspecified atom stereocenters. The summed E-state index contributed by atoms with van der Waals surface area (Å²) in [6.45, 7) is 1.30.